The average Bonchev–Trinajstić information content (AvgIpc) is 2.23. The molecule has 0 amide bonds. The quantitative estimate of drug-likeness (QED) is 0.830. The minimum atomic E-state index is 0.352. The van der Waals surface area contributed by atoms with Gasteiger partial charge in [0.25, 0.3) is 0 Å². The van der Waals surface area contributed by atoms with Gasteiger partial charge in [-0.2, -0.15) is 0 Å². The van der Waals surface area contributed by atoms with Crippen LogP contribution < -0.4 is 5.32 Å². The molecule has 0 aliphatic rings. The summed E-state index contributed by atoms with van der Waals surface area (Å²) in [6.45, 7) is 11.7. The van der Waals surface area contributed by atoms with Crippen LogP contribution in [0.15, 0.2) is 6.07 Å². The maximum absolute atomic E-state index is 4.51. The van der Waals surface area contributed by atoms with Crippen molar-refractivity contribution in [1.29, 1.82) is 0 Å². The van der Waals surface area contributed by atoms with Crippen LogP contribution in [0, 0.1) is 13.8 Å². The molecule has 2 unspecified atom stereocenters. The second-order valence-electron chi connectivity index (χ2n) is 4.54. The van der Waals surface area contributed by atoms with Gasteiger partial charge in [-0.3, -0.25) is 0 Å². The van der Waals surface area contributed by atoms with Crippen molar-refractivity contribution < 1.29 is 0 Å². The van der Waals surface area contributed by atoms with Gasteiger partial charge in [-0.05, 0) is 39.8 Å². The molecule has 1 aromatic heterocycles. The summed E-state index contributed by atoms with van der Waals surface area (Å²) < 4.78 is 0. The molecule has 0 fully saturated rings. The van der Waals surface area contributed by atoms with Gasteiger partial charge in [-0.15, -0.1) is 0 Å². The zero-order chi connectivity index (χ0) is 12.1. The molecule has 90 valence electrons. The van der Waals surface area contributed by atoms with Gasteiger partial charge in [0, 0.05) is 23.3 Å². The lowest BCUT2D eigenvalue weighted by Crippen LogP contribution is -2.32. The SMILES string of the molecule is CCCNC(C)C(C)c1nc(C)cc(C)n1. The van der Waals surface area contributed by atoms with E-state index >= 15 is 0 Å². The summed E-state index contributed by atoms with van der Waals surface area (Å²) in [6.07, 6.45) is 1.16. The van der Waals surface area contributed by atoms with Crippen molar-refractivity contribution >= 4 is 0 Å². The molecular weight excluding hydrogens is 198 g/mol. The fraction of sp³-hybridized carbons (Fsp3) is 0.692. The van der Waals surface area contributed by atoms with Crippen LogP contribution in [0.3, 0.4) is 0 Å². The van der Waals surface area contributed by atoms with Crippen LogP contribution in [0.4, 0.5) is 0 Å². The second kappa shape index (κ2) is 5.94. The van der Waals surface area contributed by atoms with Gasteiger partial charge in [-0.1, -0.05) is 13.8 Å². The van der Waals surface area contributed by atoms with E-state index in [0.717, 1.165) is 30.2 Å². The van der Waals surface area contributed by atoms with Crippen molar-refractivity contribution in [2.24, 2.45) is 0 Å². The number of nitrogens with one attached hydrogen (secondary N) is 1. The Kier molecular flexibility index (Phi) is 4.87. The molecule has 0 spiro atoms. The first kappa shape index (κ1) is 13.1. The Hall–Kier alpha value is -0.960. The molecule has 0 saturated heterocycles. The molecule has 2 atom stereocenters. The van der Waals surface area contributed by atoms with Crippen LogP contribution in [0.25, 0.3) is 0 Å². The molecule has 0 saturated carbocycles. The Morgan fingerprint density at radius 2 is 1.75 bits per heavy atom. The first-order chi connectivity index (χ1) is 7.54. The minimum absolute atomic E-state index is 0.352. The molecule has 0 aromatic carbocycles. The molecule has 1 heterocycles. The van der Waals surface area contributed by atoms with E-state index in [1.165, 1.54) is 0 Å². The highest BCUT2D eigenvalue weighted by molar-refractivity contribution is 5.11. The molecule has 1 aromatic rings. The van der Waals surface area contributed by atoms with Crippen LogP contribution >= 0.6 is 0 Å². The molecule has 1 N–H and O–H groups in total. The van der Waals surface area contributed by atoms with Crippen LogP contribution in [0.2, 0.25) is 0 Å². The van der Waals surface area contributed by atoms with Crippen molar-refractivity contribution in [2.75, 3.05) is 6.54 Å². The molecule has 0 aliphatic heterocycles. The fourth-order valence-electron chi connectivity index (χ4n) is 1.73. The van der Waals surface area contributed by atoms with Crippen molar-refractivity contribution in [2.45, 2.75) is 53.0 Å². The lowest BCUT2D eigenvalue weighted by Gasteiger charge is -2.20. The zero-order valence-electron chi connectivity index (χ0n) is 11.0. The van der Waals surface area contributed by atoms with Crippen LogP contribution in [0.5, 0.6) is 0 Å². The number of aryl methyl sites for hydroxylation is 2. The first-order valence-corrected chi connectivity index (χ1v) is 6.10. The smallest absolute Gasteiger partial charge is 0.133 e. The highest BCUT2D eigenvalue weighted by Gasteiger charge is 2.16. The Morgan fingerprint density at radius 1 is 1.19 bits per heavy atom. The van der Waals surface area contributed by atoms with Crippen molar-refractivity contribution in [3.8, 4) is 0 Å². The van der Waals surface area contributed by atoms with Crippen LogP contribution in [-0.4, -0.2) is 22.6 Å². The lowest BCUT2D eigenvalue weighted by atomic mass is 10.0. The van der Waals surface area contributed by atoms with Gasteiger partial charge in [0.2, 0.25) is 0 Å². The molecule has 3 nitrogen and oxygen atoms in total. The summed E-state index contributed by atoms with van der Waals surface area (Å²) in [5, 5.41) is 3.49. The number of nitrogens with zero attached hydrogens (tertiary/aromatic N) is 2. The van der Waals surface area contributed by atoms with E-state index in [0.29, 0.717) is 12.0 Å². The van der Waals surface area contributed by atoms with E-state index in [4.69, 9.17) is 0 Å². The predicted octanol–water partition coefficient (Wildman–Crippen LogP) is 2.59. The van der Waals surface area contributed by atoms with E-state index in [-0.39, 0.29) is 0 Å². The Bertz CT molecular complexity index is 316. The summed E-state index contributed by atoms with van der Waals surface area (Å²) in [7, 11) is 0. The number of aromatic nitrogens is 2. The number of hydrogen-bond donors (Lipinski definition) is 1. The summed E-state index contributed by atoms with van der Waals surface area (Å²) in [5.74, 6) is 1.30. The summed E-state index contributed by atoms with van der Waals surface area (Å²) in [4.78, 5) is 9.02. The van der Waals surface area contributed by atoms with Gasteiger partial charge in [-0.25, -0.2) is 9.97 Å². The van der Waals surface area contributed by atoms with E-state index in [2.05, 4.69) is 36.1 Å². The molecule has 3 heteroatoms. The standard InChI is InChI=1S/C13H23N3/c1-6-7-14-12(5)11(4)13-15-9(2)8-10(3)16-13/h8,11-12,14H,6-7H2,1-5H3. The molecule has 16 heavy (non-hydrogen) atoms. The van der Waals surface area contributed by atoms with Gasteiger partial charge in [0.15, 0.2) is 0 Å². The monoisotopic (exact) mass is 221 g/mol. The average molecular weight is 221 g/mol. The maximum atomic E-state index is 4.51. The first-order valence-electron chi connectivity index (χ1n) is 6.10. The maximum Gasteiger partial charge on any atom is 0.133 e. The van der Waals surface area contributed by atoms with E-state index < -0.39 is 0 Å². The largest absolute Gasteiger partial charge is 0.314 e. The Labute approximate surface area is 98.7 Å². The van der Waals surface area contributed by atoms with Gasteiger partial charge >= 0.3 is 0 Å². The van der Waals surface area contributed by atoms with Crippen LogP contribution in [0.1, 0.15) is 50.3 Å². The third-order valence-corrected chi connectivity index (χ3v) is 2.87. The molecule has 0 radical (unpaired) electrons. The highest BCUT2D eigenvalue weighted by atomic mass is 15.0. The summed E-state index contributed by atoms with van der Waals surface area (Å²) >= 11 is 0. The second-order valence-corrected chi connectivity index (χ2v) is 4.54. The molecular formula is C13H23N3. The fourth-order valence-corrected chi connectivity index (χ4v) is 1.73. The van der Waals surface area contributed by atoms with Gasteiger partial charge < -0.3 is 5.32 Å². The Morgan fingerprint density at radius 3 is 2.25 bits per heavy atom. The minimum Gasteiger partial charge on any atom is -0.314 e. The van der Waals surface area contributed by atoms with Crippen LogP contribution in [-0.2, 0) is 0 Å². The zero-order valence-corrected chi connectivity index (χ0v) is 11.0. The highest BCUT2D eigenvalue weighted by Crippen LogP contribution is 2.15. The third kappa shape index (κ3) is 3.56. The molecule has 1 rings (SSSR count). The third-order valence-electron chi connectivity index (χ3n) is 2.87. The number of rotatable bonds is 5. The van der Waals surface area contributed by atoms with Crippen molar-refractivity contribution in [3.05, 3.63) is 23.3 Å². The topological polar surface area (TPSA) is 37.8 Å². The van der Waals surface area contributed by atoms with E-state index in [1.54, 1.807) is 0 Å². The predicted molar refractivity (Wildman–Crippen MR) is 67.7 cm³/mol. The summed E-state index contributed by atoms with van der Waals surface area (Å²) in [6, 6.07) is 2.43. The van der Waals surface area contributed by atoms with Crippen molar-refractivity contribution in [3.63, 3.8) is 0 Å². The van der Waals surface area contributed by atoms with Gasteiger partial charge in [0.05, 0.1) is 0 Å². The summed E-state index contributed by atoms with van der Waals surface area (Å²) in [5.41, 5.74) is 2.11. The van der Waals surface area contributed by atoms with Gasteiger partial charge in [0.1, 0.15) is 5.82 Å². The van der Waals surface area contributed by atoms with E-state index in [1.807, 2.05) is 19.9 Å². The Balaban J connectivity index is 2.74. The molecule has 0 bridgehead atoms. The van der Waals surface area contributed by atoms with E-state index in [9.17, 15) is 0 Å². The molecule has 0 aliphatic carbocycles. The normalized spacial score (nSPS) is 14.8. The van der Waals surface area contributed by atoms with Crippen molar-refractivity contribution in [1.82, 2.24) is 15.3 Å². The number of hydrogen-bond acceptors (Lipinski definition) is 3. The lowest BCUT2D eigenvalue weighted by molar-refractivity contribution is 0.465.